The zero-order chi connectivity index (χ0) is 41.2. The van der Waals surface area contributed by atoms with Gasteiger partial charge in [0.05, 0.1) is 41.2 Å². The predicted molar refractivity (Wildman–Crippen MR) is 219 cm³/mol. The molecule has 2 unspecified atom stereocenters. The van der Waals surface area contributed by atoms with E-state index in [2.05, 4.69) is 30.7 Å². The second-order valence-corrected chi connectivity index (χ2v) is 16.6. The average Bonchev–Trinajstić information content (AvgIpc) is 3.54. The van der Waals surface area contributed by atoms with E-state index in [1.807, 2.05) is 53.2 Å². The van der Waals surface area contributed by atoms with Crippen LogP contribution in [0.3, 0.4) is 0 Å². The zero-order valence-electron chi connectivity index (χ0n) is 32.9. The largest absolute Gasteiger partial charge is 0.385 e. The molecule has 3 N–H and O–H groups in total. The molecule has 2 aromatic heterocycles. The van der Waals surface area contributed by atoms with Gasteiger partial charge in [-0.15, -0.1) is 5.10 Å². The Kier molecular flexibility index (Phi) is 10.3. The minimum atomic E-state index is -2.90. The van der Waals surface area contributed by atoms with Crippen LogP contribution in [0, 0.1) is 0 Å². The molecule has 4 amide bonds. The average molecular weight is 834 g/mol. The SMILES string of the molecule is CNc1cc(N2CCc3c(CN4CCC(N5CCC(N(C)c6ccc(Cl)c(N7CCC(=O)NC7=O)c6)CC5)C(F)(F)C4)cccc32)nn2c(C(=O)NC3C[C@@H]3F)cnc12. The molecule has 18 heteroatoms. The molecule has 4 fully saturated rings. The van der Waals surface area contributed by atoms with Crippen LogP contribution >= 0.6 is 11.6 Å². The van der Waals surface area contributed by atoms with Gasteiger partial charge in [-0.3, -0.25) is 29.6 Å². The summed E-state index contributed by atoms with van der Waals surface area (Å²) >= 11 is 6.48. The van der Waals surface area contributed by atoms with Crippen LogP contribution in [0.25, 0.3) is 5.65 Å². The van der Waals surface area contributed by atoms with E-state index in [0.29, 0.717) is 92.7 Å². The van der Waals surface area contributed by atoms with E-state index in [-0.39, 0.29) is 37.2 Å². The number of alkyl halides is 3. The Hall–Kier alpha value is -5.13. The number of hydrogen-bond donors (Lipinski definition) is 3. The summed E-state index contributed by atoms with van der Waals surface area (Å²) in [6.45, 7) is 2.59. The first-order chi connectivity index (χ1) is 28.4. The Balaban J connectivity index is 0.836. The van der Waals surface area contributed by atoms with Crippen molar-refractivity contribution in [2.75, 3.05) is 73.4 Å². The predicted octanol–water partition coefficient (Wildman–Crippen LogP) is 5.22. The normalized spacial score (nSPS) is 23.7. The summed E-state index contributed by atoms with van der Waals surface area (Å²) in [5.41, 5.74) is 5.79. The summed E-state index contributed by atoms with van der Waals surface area (Å²) in [5.74, 6) is -3.05. The van der Waals surface area contributed by atoms with E-state index in [1.165, 1.54) is 15.6 Å². The van der Waals surface area contributed by atoms with Crippen molar-refractivity contribution in [3.63, 3.8) is 0 Å². The number of piperidine rings is 2. The molecule has 6 heterocycles. The molecule has 59 heavy (non-hydrogen) atoms. The highest BCUT2D eigenvalue weighted by molar-refractivity contribution is 6.34. The monoisotopic (exact) mass is 833 g/mol. The molecule has 5 aliphatic rings. The zero-order valence-corrected chi connectivity index (χ0v) is 33.7. The number of imidazole rings is 1. The van der Waals surface area contributed by atoms with Crippen LogP contribution in [-0.2, 0) is 17.8 Å². The number of hydrogen-bond acceptors (Lipinski definition) is 10. The lowest BCUT2D eigenvalue weighted by molar-refractivity contribution is -0.132. The number of carbonyl (C=O) groups excluding carboxylic acids is 3. The fourth-order valence-electron chi connectivity index (χ4n) is 9.22. The minimum Gasteiger partial charge on any atom is -0.385 e. The topological polar surface area (TPSA) is 134 Å². The van der Waals surface area contributed by atoms with Crippen LogP contribution in [0.1, 0.15) is 53.7 Å². The molecule has 1 aliphatic carbocycles. The highest BCUT2D eigenvalue weighted by Crippen LogP contribution is 2.40. The van der Waals surface area contributed by atoms with Gasteiger partial charge in [-0.2, -0.15) is 0 Å². The Labute approximate surface area is 344 Å². The molecule has 3 saturated heterocycles. The van der Waals surface area contributed by atoms with Crippen LogP contribution in [-0.4, -0.2) is 126 Å². The molecule has 3 atom stereocenters. The molecule has 4 aliphatic heterocycles. The Bertz CT molecular complexity index is 2300. The lowest BCUT2D eigenvalue weighted by atomic mass is 9.94. The fourth-order valence-corrected chi connectivity index (χ4v) is 9.44. The van der Waals surface area contributed by atoms with E-state index in [0.717, 1.165) is 22.5 Å². The van der Waals surface area contributed by atoms with Crippen LogP contribution in [0.4, 0.5) is 46.5 Å². The molecule has 4 aromatic rings. The van der Waals surface area contributed by atoms with Crippen molar-refractivity contribution in [1.29, 1.82) is 0 Å². The number of fused-ring (bicyclic) bond motifs is 2. The van der Waals surface area contributed by atoms with Gasteiger partial charge in [-0.05, 0) is 61.1 Å². The number of rotatable bonds is 10. The molecule has 14 nitrogen and oxygen atoms in total. The van der Waals surface area contributed by atoms with Crippen LogP contribution in [0.5, 0.6) is 0 Å². The summed E-state index contributed by atoms with van der Waals surface area (Å²) in [7, 11) is 3.75. The molecule has 0 bridgehead atoms. The maximum atomic E-state index is 16.1. The van der Waals surface area contributed by atoms with E-state index >= 15 is 8.78 Å². The fraction of sp³-hybridized carbons (Fsp3) is 0.488. The van der Waals surface area contributed by atoms with E-state index in [1.54, 1.807) is 13.1 Å². The van der Waals surface area contributed by atoms with Crippen molar-refractivity contribution in [3.05, 3.63) is 70.5 Å². The second-order valence-electron chi connectivity index (χ2n) is 16.2. The summed E-state index contributed by atoms with van der Waals surface area (Å²) in [6, 6.07) is 11.6. The number of carbonyl (C=O) groups is 3. The molecule has 9 rings (SSSR count). The van der Waals surface area contributed by atoms with Crippen LogP contribution in [0.15, 0.2) is 48.7 Å². The molecule has 1 saturated carbocycles. The molecular formula is C41H47ClF3N11O3. The summed E-state index contributed by atoms with van der Waals surface area (Å²) in [6.07, 6.45) is 3.39. The van der Waals surface area contributed by atoms with Crippen LogP contribution in [0.2, 0.25) is 5.02 Å². The van der Waals surface area contributed by atoms with Gasteiger partial charge in [0.2, 0.25) is 5.91 Å². The molecule has 0 radical (unpaired) electrons. The summed E-state index contributed by atoms with van der Waals surface area (Å²) < 4.78 is 47.3. The van der Waals surface area contributed by atoms with Crippen molar-refractivity contribution < 1.29 is 27.6 Å². The third kappa shape index (κ3) is 7.52. The number of likely N-dealkylation sites (tertiary alicyclic amines) is 2. The number of amides is 4. The third-order valence-electron chi connectivity index (χ3n) is 12.6. The van der Waals surface area contributed by atoms with Gasteiger partial charge in [-0.25, -0.2) is 27.5 Å². The van der Waals surface area contributed by atoms with E-state index < -0.39 is 36.1 Å². The number of halogens is 4. The number of benzene rings is 2. The molecule has 2 aromatic carbocycles. The number of nitrogens with one attached hydrogen (secondary N) is 3. The highest BCUT2D eigenvalue weighted by atomic mass is 35.5. The first-order valence-corrected chi connectivity index (χ1v) is 20.6. The number of nitrogens with zero attached hydrogens (tertiary/aromatic N) is 8. The van der Waals surface area contributed by atoms with E-state index in [9.17, 15) is 18.8 Å². The standard InChI is InChI=1S/C41H47ClF3N11O3/c1-46-31-20-36(50-56-34(21-47-38(31)56)39(58)48-30-19-29(30)43)54-16-10-27-24(4-3-5-32(27)54)22-52-13-11-35(41(44,45)23-52)53-14-8-25(9-15-53)51(2)26-6-7-28(42)33(18-26)55-17-12-37(57)49-40(55)59/h3-7,18,20-21,25,29-30,35,46H,8-17,19,22-23H2,1-2H3,(H,48,58)(H,49,57,59)/t29-,30?,35?/m0/s1. The minimum absolute atomic E-state index is 0.117. The van der Waals surface area contributed by atoms with Crippen molar-refractivity contribution in [2.45, 2.75) is 75.3 Å². The quantitative estimate of drug-likeness (QED) is 0.196. The summed E-state index contributed by atoms with van der Waals surface area (Å²) in [5, 5.41) is 13.4. The lowest BCUT2D eigenvalue weighted by Crippen LogP contribution is -2.60. The molecular weight excluding hydrogens is 787 g/mol. The van der Waals surface area contributed by atoms with Crippen molar-refractivity contribution in [3.8, 4) is 0 Å². The van der Waals surface area contributed by atoms with Gasteiger partial charge in [-0.1, -0.05) is 23.7 Å². The van der Waals surface area contributed by atoms with E-state index in [4.69, 9.17) is 16.7 Å². The first kappa shape index (κ1) is 39.3. The van der Waals surface area contributed by atoms with Gasteiger partial charge in [0.15, 0.2) is 17.2 Å². The van der Waals surface area contributed by atoms with Gasteiger partial charge >= 0.3 is 6.03 Å². The van der Waals surface area contributed by atoms with Crippen molar-refractivity contribution in [2.24, 2.45) is 0 Å². The summed E-state index contributed by atoms with van der Waals surface area (Å²) in [4.78, 5) is 51.1. The molecule has 0 spiro atoms. The van der Waals surface area contributed by atoms with Crippen LogP contribution < -0.4 is 30.7 Å². The Morgan fingerprint density at radius 2 is 1.80 bits per heavy atom. The van der Waals surface area contributed by atoms with Crippen molar-refractivity contribution >= 4 is 63.7 Å². The number of imide groups is 1. The van der Waals surface area contributed by atoms with Gasteiger partial charge in [0, 0.05) is 89.7 Å². The Morgan fingerprint density at radius 3 is 2.53 bits per heavy atom. The van der Waals surface area contributed by atoms with Gasteiger partial charge in [0.1, 0.15) is 6.17 Å². The second kappa shape index (κ2) is 15.5. The third-order valence-corrected chi connectivity index (χ3v) is 12.9. The first-order valence-electron chi connectivity index (χ1n) is 20.3. The number of anilines is 5. The maximum absolute atomic E-state index is 16.1. The van der Waals surface area contributed by atoms with Crippen molar-refractivity contribution in [1.82, 2.24) is 35.0 Å². The smallest absolute Gasteiger partial charge is 0.328 e. The van der Waals surface area contributed by atoms with Gasteiger partial charge < -0.3 is 20.4 Å². The maximum Gasteiger partial charge on any atom is 0.328 e. The lowest BCUT2D eigenvalue weighted by Gasteiger charge is -2.47. The Morgan fingerprint density at radius 1 is 1.02 bits per heavy atom. The molecule has 312 valence electrons. The van der Waals surface area contributed by atoms with Gasteiger partial charge in [0.25, 0.3) is 11.8 Å². The number of urea groups is 1. The number of aromatic nitrogens is 3. The highest BCUT2D eigenvalue weighted by Gasteiger charge is 2.48.